The minimum Gasteiger partial charge on any atom is -0.310 e. The van der Waals surface area contributed by atoms with E-state index >= 15 is 0 Å². The summed E-state index contributed by atoms with van der Waals surface area (Å²) in [6, 6.07) is 8.55. The van der Waals surface area contributed by atoms with Gasteiger partial charge in [0.1, 0.15) is 5.82 Å². The quantitative estimate of drug-likeness (QED) is 0.801. The predicted molar refractivity (Wildman–Crippen MR) is 104 cm³/mol. The average molecular weight is 376 g/mol. The molecule has 0 spiro atoms. The van der Waals surface area contributed by atoms with E-state index in [1.165, 1.54) is 29.5 Å². The number of rotatable bonds is 3. The number of aromatic amines is 1. The average Bonchev–Trinajstić information content (AvgIpc) is 3.21. The minimum absolute atomic E-state index is 0.0415. The third kappa shape index (κ3) is 3.15. The van der Waals surface area contributed by atoms with Crippen LogP contribution in [0.4, 0.5) is 5.82 Å². The maximum absolute atomic E-state index is 12.8. The third-order valence-electron chi connectivity index (χ3n) is 4.97. The van der Waals surface area contributed by atoms with Gasteiger partial charge in [0.15, 0.2) is 0 Å². The normalized spacial score (nSPS) is 21.0. The van der Waals surface area contributed by atoms with Gasteiger partial charge in [-0.15, -0.1) is 23.5 Å². The van der Waals surface area contributed by atoms with Crippen molar-refractivity contribution in [2.24, 2.45) is 0 Å². The number of aromatic nitrogens is 2. The van der Waals surface area contributed by atoms with Crippen molar-refractivity contribution in [2.75, 3.05) is 17.3 Å². The molecular weight excluding hydrogens is 354 g/mol. The summed E-state index contributed by atoms with van der Waals surface area (Å²) in [6.07, 6.45) is 6.48. The van der Waals surface area contributed by atoms with E-state index in [0.29, 0.717) is 17.1 Å². The standard InChI is InChI=1S/C18H21N3O2S2/c1-24-13-8-6-11(7-9-13)16-15-17(19-14(22)10-25-16)21(20-18(15)23)12-4-2-3-5-12/h6-9,12,16H,2-5,10H2,1H3,(H,19,22)(H,20,23)/t16-/m1/s1. The third-order valence-corrected chi connectivity index (χ3v) is 6.99. The van der Waals surface area contributed by atoms with E-state index in [-0.39, 0.29) is 22.8 Å². The van der Waals surface area contributed by atoms with Gasteiger partial charge >= 0.3 is 0 Å². The van der Waals surface area contributed by atoms with E-state index in [1.54, 1.807) is 11.8 Å². The molecule has 1 atom stereocenters. The largest absolute Gasteiger partial charge is 0.310 e. The van der Waals surface area contributed by atoms with Gasteiger partial charge in [-0.2, -0.15) is 0 Å². The summed E-state index contributed by atoms with van der Waals surface area (Å²) in [7, 11) is 0. The Balaban J connectivity index is 1.80. The fraction of sp³-hybridized carbons (Fsp3) is 0.444. The Morgan fingerprint density at radius 2 is 1.88 bits per heavy atom. The summed E-state index contributed by atoms with van der Waals surface area (Å²) in [5, 5.41) is 5.85. The van der Waals surface area contributed by atoms with E-state index in [2.05, 4.69) is 34.7 Å². The SMILES string of the molecule is CSc1ccc([C@H]2SCC(=O)Nc3c2c(=O)[nH]n3C2CCCC2)cc1. The lowest BCUT2D eigenvalue weighted by atomic mass is 10.1. The second-order valence-corrected chi connectivity index (χ2v) is 8.50. The van der Waals surface area contributed by atoms with Gasteiger partial charge in [-0.25, -0.2) is 0 Å². The first-order valence-corrected chi connectivity index (χ1v) is 10.8. The van der Waals surface area contributed by atoms with Gasteiger partial charge in [-0.3, -0.25) is 19.4 Å². The van der Waals surface area contributed by atoms with Crippen LogP contribution < -0.4 is 10.9 Å². The van der Waals surface area contributed by atoms with Crippen LogP contribution in [0.1, 0.15) is 48.1 Å². The van der Waals surface area contributed by atoms with Gasteiger partial charge in [-0.05, 0) is 36.8 Å². The maximum atomic E-state index is 12.8. The van der Waals surface area contributed by atoms with Crippen LogP contribution in [0, 0.1) is 0 Å². The molecule has 0 bridgehead atoms. The molecule has 1 fully saturated rings. The van der Waals surface area contributed by atoms with Gasteiger partial charge in [0, 0.05) is 4.90 Å². The first-order valence-electron chi connectivity index (χ1n) is 8.57. The minimum atomic E-state index is -0.128. The number of benzene rings is 1. The van der Waals surface area contributed by atoms with Gasteiger partial charge in [0.25, 0.3) is 5.56 Å². The van der Waals surface area contributed by atoms with Crippen molar-refractivity contribution >= 4 is 35.2 Å². The second-order valence-electron chi connectivity index (χ2n) is 6.52. The molecule has 25 heavy (non-hydrogen) atoms. The first-order chi connectivity index (χ1) is 12.2. The molecule has 1 aromatic heterocycles. The Kier molecular flexibility index (Phi) is 4.69. The Hall–Kier alpha value is -1.60. The molecule has 5 nitrogen and oxygen atoms in total. The monoisotopic (exact) mass is 375 g/mol. The zero-order valence-corrected chi connectivity index (χ0v) is 15.7. The van der Waals surface area contributed by atoms with Crippen LogP contribution in [0.2, 0.25) is 0 Å². The van der Waals surface area contributed by atoms with Gasteiger partial charge in [-0.1, -0.05) is 25.0 Å². The topological polar surface area (TPSA) is 66.9 Å². The van der Waals surface area contributed by atoms with E-state index in [1.807, 2.05) is 10.9 Å². The molecule has 2 N–H and O–H groups in total. The van der Waals surface area contributed by atoms with Crippen molar-refractivity contribution in [3.05, 3.63) is 45.7 Å². The molecule has 0 saturated heterocycles. The summed E-state index contributed by atoms with van der Waals surface area (Å²) >= 11 is 3.21. The zero-order valence-electron chi connectivity index (χ0n) is 14.1. The van der Waals surface area contributed by atoms with E-state index in [4.69, 9.17) is 0 Å². The van der Waals surface area contributed by atoms with Crippen LogP contribution >= 0.6 is 23.5 Å². The molecule has 1 aliphatic heterocycles. The summed E-state index contributed by atoms with van der Waals surface area (Å²) < 4.78 is 1.91. The van der Waals surface area contributed by atoms with E-state index < -0.39 is 0 Å². The summed E-state index contributed by atoms with van der Waals surface area (Å²) in [5.74, 6) is 0.986. The van der Waals surface area contributed by atoms with Crippen LogP contribution in [0.5, 0.6) is 0 Å². The van der Waals surface area contributed by atoms with E-state index in [0.717, 1.165) is 18.4 Å². The lowest BCUT2D eigenvalue weighted by Gasteiger charge is -2.17. The number of anilines is 1. The molecule has 2 aromatic rings. The molecule has 0 unspecified atom stereocenters. The van der Waals surface area contributed by atoms with E-state index in [9.17, 15) is 9.59 Å². The smallest absolute Gasteiger partial charge is 0.270 e. The number of nitrogens with one attached hydrogen (secondary N) is 2. The molecular formula is C18H21N3O2S2. The van der Waals surface area contributed by atoms with Crippen LogP contribution in [-0.2, 0) is 4.79 Å². The molecule has 2 aliphatic rings. The lowest BCUT2D eigenvalue weighted by molar-refractivity contribution is -0.113. The molecule has 132 valence electrons. The number of carbonyl (C=O) groups is 1. The Bertz CT molecular complexity index is 835. The van der Waals surface area contributed by atoms with Crippen LogP contribution in [0.3, 0.4) is 0 Å². The molecule has 2 heterocycles. The fourth-order valence-electron chi connectivity index (χ4n) is 3.72. The summed E-state index contributed by atoms with van der Waals surface area (Å²) in [5.41, 5.74) is 1.66. The zero-order chi connectivity index (χ0) is 17.4. The number of carbonyl (C=O) groups excluding carboxylic acids is 1. The van der Waals surface area contributed by atoms with Crippen LogP contribution in [0.15, 0.2) is 34.0 Å². The number of thioether (sulfide) groups is 2. The lowest BCUT2D eigenvalue weighted by Crippen LogP contribution is -2.18. The number of fused-ring (bicyclic) bond motifs is 1. The fourth-order valence-corrected chi connectivity index (χ4v) is 5.26. The molecule has 1 saturated carbocycles. The highest BCUT2D eigenvalue weighted by molar-refractivity contribution is 8.00. The van der Waals surface area contributed by atoms with Crippen LogP contribution in [-0.4, -0.2) is 27.7 Å². The highest BCUT2D eigenvalue weighted by Crippen LogP contribution is 2.42. The van der Waals surface area contributed by atoms with Crippen molar-refractivity contribution in [1.82, 2.24) is 9.78 Å². The Morgan fingerprint density at radius 3 is 2.56 bits per heavy atom. The Morgan fingerprint density at radius 1 is 1.16 bits per heavy atom. The van der Waals surface area contributed by atoms with Crippen molar-refractivity contribution < 1.29 is 4.79 Å². The highest BCUT2D eigenvalue weighted by atomic mass is 32.2. The second kappa shape index (κ2) is 6.96. The maximum Gasteiger partial charge on any atom is 0.270 e. The number of amides is 1. The van der Waals surface area contributed by atoms with Gasteiger partial charge in [0.2, 0.25) is 5.91 Å². The summed E-state index contributed by atoms with van der Waals surface area (Å²) in [6.45, 7) is 0. The number of hydrogen-bond donors (Lipinski definition) is 2. The molecule has 1 aliphatic carbocycles. The molecule has 4 rings (SSSR count). The molecule has 1 aromatic carbocycles. The number of hydrogen-bond acceptors (Lipinski definition) is 4. The number of nitrogens with zero attached hydrogens (tertiary/aromatic N) is 1. The van der Waals surface area contributed by atoms with Crippen molar-refractivity contribution in [1.29, 1.82) is 0 Å². The van der Waals surface area contributed by atoms with Gasteiger partial charge < -0.3 is 5.32 Å². The molecule has 0 radical (unpaired) electrons. The number of H-pyrrole nitrogens is 1. The molecule has 7 heteroatoms. The van der Waals surface area contributed by atoms with Crippen molar-refractivity contribution in [3.63, 3.8) is 0 Å². The van der Waals surface area contributed by atoms with Crippen molar-refractivity contribution in [3.8, 4) is 0 Å². The van der Waals surface area contributed by atoms with Gasteiger partial charge in [0.05, 0.1) is 22.6 Å². The predicted octanol–water partition coefficient (Wildman–Crippen LogP) is 3.79. The van der Waals surface area contributed by atoms with Crippen LogP contribution in [0.25, 0.3) is 0 Å². The summed E-state index contributed by atoms with van der Waals surface area (Å²) in [4.78, 5) is 26.2. The highest BCUT2D eigenvalue weighted by Gasteiger charge is 2.32. The van der Waals surface area contributed by atoms with Crippen molar-refractivity contribution in [2.45, 2.75) is 41.9 Å². The Labute approximate surface area is 154 Å². The first kappa shape index (κ1) is 16.8. The molecule has 1 amide bonds.